The van der Waals surface area contributed by atoms with Crippen LogP contribution in [-0.4, -0.2) is 52.8 Å². The van der Waals surface area contributed by atoms with Crippen LogP contribution in [0.2, 0.25) is 0 Å². The van der Waals surface area contributed by atoms with Crippen LogP contribution >= 0.6 is 0 Å². The van der Waals surface area contributed by atoms with Gasteiger partial charge in [-0.25, -0.2) is 4.39 Å². The lowest BCUT2D eigenvalue weighted by molar-refractivity contribution is 0.334. The van der Waals surface area contributed by atoms with E-state index in [4.69, 9.17) is 0 Å². The van der Waals surface area contributed by atoms with Crippen molar-refractivity contribution >= 4 is 23.6 Å². The second kappa shape index (κ2) is 17.0. The number of rotatable bonds is 14. The van der Waals surface area contributed by atoms with E-state index < -0.39 is 0 Å². The Morgan fingerprint density at radius 1 is 1.12 bits per heavy atom. The van der Waals surface area contributed by atoms with Crippen molar-refractivity contribution in [2.45, 2.75) is 58.8 Å². The van der Waals surface area contributed by atoms with Gasteiger partial charge in [0.15, 0.2) is 0 Å². The number of benzene rings is 2. The number of halogens is 1. The Kier molecular flexibility index (Phi) is 12.0. The Morgan fingerprint density at radius 3 is 2.69 bits per heavy atom. The lowest BCUT2D eigenvalue weighted by Crippen LogP contribution is -2.28. The van der Waals surface area contributed by atoms with Crippen molar-refractivity contribution in [2.24, 2.45) is 5.92 Å². The molecule has 7 heteroatoms. The molecular weight excluding hydrogens is 632 g/mol. The molecule has 6 nitrogen and oxygen atoms in total. The molecule has 0 amide bonds. The van der Waals surface area contributed by atoms with Crippen molar-refractivity contribution in [3.63, 3.8) is 0 Å². The van der Waals surface area contributed by atoms with Crippen molar-refractivity contribution in [3.05, 3.63) is 124 Å². The largest absolute Gasteiger partial charge is 0.359 e. The maximum atomic E-state index is 14.9. The molecule has 0 bridgehead atoms. The van der Waals surface area contributed by atoms with E-state index >= 15 is 0 Å². The SMILES string of the molecule is C=C\C(=C/C(=C\C)C(/C)=C/C=c1/[nH]nc(-c2cc3c(-c4cc(F)cc(CCCN5CCCC5)c4)cccc3[nH]2)c1=C)NC(=C)CC1CCNCC1. The van der Waals surface area contributed by atoms with Crippen LogP contribution in [0.5, 0.6) is 0 Å². The molecule has 2 aromatic heterocycles. The van der Waals surface area contributed by atoms with Gasteiger partial charge in [0.05, 0.1) is 11.0 Å². The van der Waals surface area contributed by atoms with E-state index in [2.05, 4.69) is 99.9 Å². The number of piperidine rings is 1. The number of hydrogen-bond acceptors (Lipinski definition) is 4. The third-order valence-corrected chi connectivity index (χ3v) is 10.3. The Labute approximate surface area is 302 Å². The van der Waals surface area contributed by atoms with Gasteiger partial charge in [0.1, 0.15) is 11.5 Å². The average Bonchev–Trinajstić information content (AvgIpc) is 3.89. The minimum Gasteiger partial charge on any atom is -0.359 e. The molecule has 0 aliphatic carbocycles. The number of nitrogens with one attached hydrogen (secondary N) is 4. The van der Waals surface area contributed by atoms with Gasteiger partial charge in [0, 0.05) is 27.5 Å². The standard InChI is InChI=1S/C44H53FN6/c1-6-35(28-38(7-2)47-31(4)24-33-17-19-46-20-18-33)30(3)15-16-41-32(5)44(50-49-41)43-29-40-39(13-10-14-42(40)48-43)36-25-34(26-37(45)27-36)12-11-23-51-21-8-9-22-51/h6-7,10,13-16,25-29,33,46-49H,2,4-5,8-9,11-12,17-24H2,1,3H3/b30-15+,35-6+,38-28+,41-16+. The molecule has 0 unspecified atom stereocenters. The molecule has 6 rings (SSSR count). The topological polar surface area (TPSA) is 71.8 Å². The number of likely N-dealkylation sites (tertiary alicyclic amines) is 1. The first-order valence-corrected chi connectivity index (χ1v) is 18.5. The van der Waals surface area contributed by atoms with E-state index in [0.717, 1.165) is 111 Å². The summed E-state index contributed by atoms with van der Waals surface area (Å²) < 4.78 is 14.9. The number of aromatic amines is 2. The molecule has 0 spiro atoms. The van der Waals surface area contributed by atoms with Crippen LogP contribution in [0, 0.1) is 11.7 Å². The van der Waals surface area contributed by atoms with Crippen LogP contribution in [0.15, 0.2) is 102 Å². The first-order chi connectivity index (χ1) is 24.8. The molecule has 0 saturated carbocycles. The van der Waals surface area contributed by atoms with Crippen LogP contribution in [0.25, 0.3) is 46.1 Å². The fourth-order valence-corrected chi connectivity index (χ4v) is 7.47. The lowest BCUT2D eigenvalue weighted by atomic mass is 9.93. The third kappa shape index (κ3) is 9.15. The van der Waals surface area contributed by atoms with Crippen LogP contribution in [0.4, 0.5) is 4.39 Å². The molecule has 2 aliphatic rings. The second-order valence-corrected chi connectivity index (χ2v) is 14.1. The quantitative estimate of drug-likeness (QED) is 0.102. The summed E-state index contributed by atoms with van der Waals surface area (Å²) in [5.74, 6) is 0.470. The van der Waals surface area contributed by atoms with Crippen molar-refractivity contribution in [1.82, 2.24) is 30.7 Å². The Balaban J connectivity index is 1.18. The molecule has 51 heavy (non-hydrogen) atoms. The number of H-pyrrole nitrogens is 2. The monoisotopic (exact) mass is 684 g/mol. The van der Waals surface area contributed by atoms with E-state index in [1.807, 2.05) is 25.1 Å². The number of aryl methyl sites for hydroxylation is 1. The zero-order valence-electron chi connectivity index (χ0n) is 30.4. The Bertz CT molecular complexity index is 2060. The van der Waals surface area contributed by atoms with Gasteiger partial charge >= 0.3 is 0 Å². The highest BCUT2D eigenvalue weighted by Gasteiger charge is 2.16. The number of allylic oxidation sites excluding steroid dienone is 7. The maximum Gasteiger partial charge on any atom is 0.124 e. The minimum atomic E-state index is -0.195. The summed E-state index contributed by atoms with van der Waals surface area (Å²) in [6, 6.07) is 13.7. The summed E-state index contributed by atoms with van der Waals surface area (Å²) in [4.78, 5) is 6.05. The molecule has 2 aromatic carbocycles. The molecule has 2 aliphatic heterocycles. The van der Waals surface area contributed by atoms with Gasteiger partial charge in [-0.3, -0.25) is 5.10 Å². The fraction of sp³-hybridized carbons (Fsp3) is 0.341. The van der Waals surface area contributed by atoms with Gasteiger partial charge in [-0.1, -0.05) is 50.1 Å². The number of aromatic nitrogens is 3. The van der Waals surface area contributed by atoms with Crippen molar-refractivity contribution < 1.29 is 4.39 Å². The number of hydrogen-bond donors (Lipinski definition) is 4. The maximum absolute atomic E-state index is 14.9. The van der Waals surface area contributed by atoms with Crippen LogP contribution in [0.3, 0.4) is 0 Å². The first kappa shape index (κ1) is 36.1. The summed E-state index contributed by atoms with van der Waals surface area (Å²) >= 11 is 0. The Morgan fingerprint density at radius 2 is 1.92 bits per heavy atom. The van der Waals surface area contributed by atoms with Gasteiger partial charge in [-0.05, 0) is 168 Å². The van der Waals surface area contributed by atoms with Gasteiger partial charge in [0.25, 0.3) is 0 Å². The highest BCUT2D eigenvalue weighted by Crippen LogP contribution is 2.32. The highest BCUT2D eigenvalue weighted by molar-refractivity contribution is 5.98. The Hall–Kier alpha value is -4.72. The summed E-state index contributed by atoms with van der Waals surface area (Å²) in [5, 5.41) is 17.4. The molecule has 2 saturated heterocycles. The average molecular weight is 685 g/mol. The van der Waals surface area contributed by atoms with Crippen molar-refractivity contribution in [3.8, 4) is 22.5 Å². The van der Waals surface area contributed by atoms with E-state index in [0.29, 0.717) is 5.92 Å². The van der Waals surface area contributed by atoms with E-state index in [9.17, 15) is 4.39 Å². The van der Waals surface area contributed by atoms with Crippen molar-refractivity contribution in [2.75, 3.05) is 32.7 Å². The highest BCUT2D eigenvalue weighted by atomic mass is 19.1. The molecule has 4 aromatic rings. The van der Waals surface area contributed by atoms with Crippen molar-refractivity contribution in [1.29, 1.82) is 0 Å². The van der Waals surface area contributed by atoms with E-state index in [-0.39, 0.29) is 5.82 Å². The smallest absolute Gasteiger partial charge is 0.124 e. The first-order valence-electron chi connectivity index (χ1n) is 18.5. The summed E-state index contributed by atoms with van der Waals surface area (Å²) in [6.07, 6.45) is 18.0. The molecule has 0 radical (unpaired) electrons. The number of fused-ring (bicyclic) bond motifs is 1. The molecule has 4 N–H and O–H groups in total. The van der Waals surface area contributed by atoms with Crippen LogP contribution < -0.4 is 21.2 Å². The summed E-state index contributed by atoms with van der Waals surface area (Å²) in [5.41, 5.74) is 9.67. The van der Waals surface area contributed by atoms with Gasteiger partial charge < -0.3 is 20.5 Å². The number of nitrogens with zero attached hydrogens (tertiary/aromatic N) is 2. The normalized spacial score (nSPS) is 17.1. The predicted molar refractivity (Wildman–Crippen MR) is 213 cm³/mol. The second-order valence-electron chi connectivity index (χ2n) is 14.1. The zero-order valence-corrected chi connectivity index (χ0v) is 30.4. The molecule has 266 valence electrons. The molecule has 2 fully saturated rings. The minimum absolute atomic E-state index is 0.195. The fourth-order valence-electron chi connectivity index (χ4n) is 7.47. The molecule has 4 heterocycles. The molecular formula is C44H53FN6. The summed E-state index contributed by atoms with van der Waals surface area (Å²) in [6.45, 7) is 22.5. The van der Waals surface area contributed by atoms with E-state index in [1.54, 1.807) is 12.1 Å². The lowest BCUT2D eigenvalue weighted by Gasteiger charge is -2.24. The van der Waals surface area contributed by atoms with Gasteiger partial charge in [-0.2, -0.15) is 5.10 Å². The van der Waals surface area contributed by atoms with Gasteiger partial charge in [-0.15, -0.1) is 0 Å². The predicted octanol–water partition coefficient (Wildman–Crippen LogP) is 8.04. The zero-order chi connectivity index (χ0) is 35.7. The third-order valence-electron chi connectivity index (χ3n) is 10.3. The van der Waals surface area contributed by atoms with Crippen LogP contribution in [-0.2, 0) is 6.42 Å². The van der Waals surface area contributed by atoms with E-state index in [1.165, 1.54) is 38.8 Å². The van der Waals surface area contributed by atoms with Gasteiger partial charge in [0.2, 0.25) is 0 Å². The molecule has 0 atom stereocenters. The van der Waals surface area contributed by atoms with Crippen LogP contribution in [0.1, 0.15) is 57.9 Å². The summed E-state index contributed by atoms with van der Waals surface area (Å²) in [7, 11) is 0.